The first-order chi connectivity index (χ1) is 11.1. The Morgan fingerprint density at radius 3 is 2.26 bits per heavy atom. The fourth-order valence-corrected chi connectivity index (χ4v) is 3.73. The fourth-order valence-electron chi connectivity index (χ4n) is 3.54. The Morgan fingerprint density at radius 2 is 1.61 bits per heavy atom. The van der Waals surface area contributed by atoms with Crippen LogP contribution in [0.4, 0.5) is 0 Å². The number of hydrogen-bond donors (Lipinski definition) is 0. The van der Waals surface area contributed by atoms with Gasteiger partial charge >= 0.3 is 0 Å². The summed E-state index contributed by atoms with van der Waals surface area (Å²) in [6.45, 7) is 2.48. The van der Waals surface area contributed by atoms with Crippen LogP contribution in [0.15, 0.2) is 24.3 Å². The topological polar surface area (TPSA) is 40.6 Å². The normalized spacial score (nSPS) is 19.7. The molecule has 0 spiro atoms. The zero-order valence-electron chi connectivity index (χ0n) is 13.3. The van der Waals surface area contributed by atoms with Crippen LogP contribution in [0.5, 0.6) is 0 Å². The van der Waals surface area contributed by atoms with Gasteiger partial charge in [-0.25, -0.2) is 0 Å². The average Bonchev–Trinajstić information content (AvgIpc) is 2.61. The number of benzene rings is 1. The molecule has 1 saturated carbocycles. The van der Waals surface area contributed by atoms with Crippen molar-refractivity contribution in [3.8, 4) is 0 Å². The largest absolute Gasteiger partial charge is 0.339 e. The minimum Gasteiger partial charge on any atom is -0.339 e. The SMILES string of the molecule is O=C(c1cccc(Cl)c1)N1CCN(C(=O)C2CCCCC2)CC1. The molecule has 2 fully saturated rings. The minimum absolute atomic E-state index is 0.00253. The lowest BCUT2D eigenvalue weighted by Crippen LogP contribution is -2.52. The van der Waals surface area contributed by atoms with Crippen molar-refractivity contribution in [2.45, 2.75) is 32.1 Å². The predicted octanol–water partition coefficient (Wildman–Crippen LogP) is 3.20. The molecule has 1 saturated heterocycles. The highest BCUT2D eigenvalue weighted by atomic mass is 35.5. The van der Waals surface area contributed by atoms with Crippen LogP contribution in [-0.4, -0.2) is 47.8 Å². The van der Waals surface area contributed by atoms with E-state index in [-0.39, 0.29) is 11.8 Å². The molecule has 124 valence electrons. The molecule has 0 N–H and O–H groups in total. The van der Waals surface area contributed by atoms with E-state index in [1.54, 1.807) is 24.3 Å². The minimum atomic E-state index is -0.00253. The molecule has 1 aromatic carbocycles. The summed E-state index contributed by atoms with van der Waals surface area (Å²) in [4.78, 5) is 28.8. The standard InChI is InChI=1S/C18H23ClN2O2/c19-16-8-4-7-15(13-16)18(23)21-11-9-20(10-12-21)17(22)14-5-2-1-3-6-14/h4,7-8,13-14H,1-3,5-6,9-12H2. The molecule has 1 aliphatic heterocycles. The molecule has 1 aliphatic carbocycles. The summed E-state index contributed by atoms with van der Waals surface area (Å²) >= 11 is 5.95. The zero-order valence-corrected chi connectivity index (χ0v) is 14.1. The molecule has 0 unspecified atom stereocenters. The number of rotatable bonds is 2. The number of carbonyl (C=O) groups is 2. The predicted molar refractivity (Wildman–Crippen MR) is 90.5 cm³/mol. The van der Waals surface area contributed by atoms with Crippen molar-refractivity contribution in [2.24, 2.45) is 5.92 Å². The van der Waals surface area contributed by atoms with Crippen LogP contribution < -0.4 is 0 Å². The van der Waals surface area contributed by atoms with Gasteiger partial charge in [-0.3, -0.25) is 9.59 Å². The van der Waals surface area contributed by atoms with Crippen molar-refractivity contribution >= 4 is 23.4 Å². The molecule has 5 heteroatoms. The maximum atomic E-state index is 12.5. The van der Waals surface area contributed by atoms with Crippen LogP contribution in [0.1, 0.15) is 42.5 Å². The molecule has 1 aromatic rings. The summed E-state index contributed by atoms with van der Waals surface area (Å²) < 4.78 is 0. The second kappa shape index (κ2) is 7.35. The Bertz CT molecular complexity index is 576. The summed E-state index contributed by atoms with van der Waals surface area (Å²) in [5.41, 5.74) is 0.615. The van der Waals surface area contributed by atoms with E-state index in [9.17, 15) is 9.59 Å². The summed E-state index contributed by atoms with van der Waals surface area (Å²) in [7, 11) is 0. The summed E-state index contributed by atoms with van der Waals surface area (Å²) in [5.74, 6) is 0.496. The van der Waals surface area contributed by atoms with Gasteiger partial charge in [0, 0.05) is 42.7 Å². The number of amides is 2. The molecule has 1 heterocycles. The van der Waals surface area contributed by atoms with E-state index in [2.05, 4.69) is 0 Å². The van der Waals surface area contributed by atoms with Crippen LogP contribution >= 0.6 is 11.6 Å². The van der Waals surface area contributed by atoms with Crippen molar-refractivity contribution in [2.75, 3.05) is 26.2 Å². The molecule has 0 atom stereocenters. The maximum Gasteiger partial charge on any atom is 0.254 e. The van der Waals surface area contributed by atoms with E-state index < -0.39 is 0 Å². The molecule has 0 aromatic heterocycles. The third-order valence-electron chi connectivity index (χ3n) is 4.90. The Balaban J connectivity index is 1.55. The highest BCUT2D eigenvalue weighted by molar-refractivity contribution is 6.30. The van der Waals surface area contributed by atoms with Crippen molar-refractivity contribution in [3.63, 3.8) is 0 Å². The van der Waals surface area contributed by atoms with Crippen molar-refractivity contribution in [3.05, 3.63) is 34.9 Å². The molecule has 2 aliphatic rings. The molecule has 4 nitrogen and oxygen atoms in total. The summed E-state index contributed by atoms with van der Waals surface area (Å²) in [5, 5.41) is 0.571. The third-order valence-corrected chi connectivity index (χ3v) is 5.14. The molecule has 3 rings (SSSR count). The molecule has 23 heavy (non-hydrogen) atoms. The third kappa shape index (κ3) is 3.86. The molecular formula is C18H23ClN2O2. The number of halogens is 1. The smallest absolute Gasteiger partial charge is 0.254 e. The van der Waals surface area contributed by atoms with Gasteiger partial charge in [0.2, 0.25) is 5.91 Å². The van der Waals surface area contributed by atoms with Crippen LogP contribution in [0.3, 0.4) is 0 Å². The van der Waals surface area contributed by atoms with Crippen LogP contribution in [0, 0.1) is 5.92 Å². The Kier molecular flexibility index (Phi) is 5.21. The highest BCUT2D eigenvalue weighted by Crippen LogP contribution is 2.26. The van der Waals surface area contributed by atoms with Gasteiger partial charge in [0.1, 0.15) is 0 Å². The molecule has 0 bridgehead atoms. The Morgan fingerprint density at radius 1 is 0.957 bits per heavy atom. The fraction of sp³-hybridized carbons (Fsp3) is 0.556. The van der Waals surface area contributed by atoms with E-state index in [0.29, 0.717) is 42.7 Å². The monoisotopic (exact) mass is 334 g/mol. The maximum absolute atomic E-state index is 12.5. The first-order valence-electron chi connectivity index (χ1n) is 8.49. The molecule has 0 radical (unpaired) electrons. The van der Waals surface area contributed by atoms with Crippen molar-refractivity contribution in [1.29, 1.82) is 0 Å². The van der Waals surface area contributed by atoms with Gasteiger partial charge in [0.15, 0.2) is 0 Å². The lowest BCUT2D eigenvalue weighted by molar-refractivity contribution is -0.138. The number of piperazine rings is 1. The summed E-state index contributed by atoms with van der Waals surface area (Å²) in [6.07, 6.45) is 5.65. The van der Waals surface area contributed by atoms with Gasteiger partial charge in [-0.1, -0.05) is 36.9 Å². The number of carbonyl (C=O) groups excluding carboxylic acids is 2. The van der Waals surface area contributed by atoms with Crippen molar-refractivity contribution in [1.82, 2.24) is 9.80 Å². The van der Waals surface area contributed by atoms with Gasteiger partial charge in [0.05, 0.1) is 0 Å². The first-order valence-corrected chi connectivity index (χ1v) is 8.86. The second-order valence-corrected chi connectivity index (χ2v) is 6.90. The van der Waals surface area contributed by atoms with Crippen molar-refractivity contribution < 1.29 is 9.59 Å². The van der Waals surface area contributed by atoms with Gasteiger partial charge in [-0.15, -0.1) is 0 Å². The molecular weight excluding hydrogens is 312 g/mol. The quantitative estimate of drug-likeness (QED) is 0.833. The van der Waals surface area contributed by atoms with Crippen LogP contribution in [-0.2, 0) is 4.79 Å². The van der Waals surface area contributed by atoms with Gasteiger partial charge in [-0.05, 0) is 31.0 Å². The van der Waals surface area contributed by atoms with E-state index in [0.717, 1.165) is 12.8 Å². The van der Waals surface area contributed by atoms with Gasteiger partial charge in [-0.2, -0.15) is 0 Å². The molecule has 2 amide bonds. The summed E-state index contributed by atoms with van der Waals surface area (Å²) in [6, 6.07) is 7.04. The van der Waals surface area contributed by atoms with Gasteiger partial charge < -0.3 is 9.80 Å². The lowest BCUT2D eigenvalue weighted by Gasteiger charge is -2.37. The Hall–Kier alpha value is -1.55. The lowest BCUT2D eigenvalue weighted by atomic mass is 9.88. The van der Waals surface area contributed by atoms with E-state index in [4.69, 9.17) is 11.6 Å². The van der Waals surface area contributed by atoms with Crippen LogP contribution in [0.2, 0.25) is 5.02 Å². The zero-order chi connectivity index (χ0) is 16.2. The van der Waals surface area contributed by atoms with Gasteiger partial charge in [0.25, 0.3) is 5.91 Å². The average molecular weight is 335 g/mol. The van der Waals surface area contributed by atoms with Crippen LogP contribution in [0.25, 0.3) is 0 Å². The number of nitrogens with zero attached hydrogens (tertiary/aromatic N) is 2. The first kappa shape index (κ1) is 16.3. The van der Waals surface area contributed by atoms with E-state index in [1.807, 2.05) is 9.80 Å². The van der Waals surface area contributed by atoms with E-state index >= 15 is 0 Å². The Labute approximate surface area is 142 Å². The second-order valence-electron chi connectivity index (χ2n) is 6.46. The highest BCUT2D eigenvalue weighted by Gasteiger charge is 2.29. The van der Waals surface area contributed by atoms with E-state index in [1.165, 1.54) is 19.3 Å². The number of hydrogen-bond acceptors (Lipinski definition) is 2.